The number of carbonyl (C=O) groups is 1. The van der Waals surface area contributed by atoms with Gasteiger partial charge in [0, 0.05) is 18.2 Å². The maximum absolute atomic E-state index is 12.6. The lowest BCUT2D eigenvalue weighted by molar-refractivity contribution is -0.137. The normalized spacial score (nSPS) is 16.1. The van der Waals surface area contributed by atoms with E-state index in [1.165, 1.54) is 36.4 Å². The minimum Gasteiger partial charge on any atom is -0.310 e. The number of alkyl halides is 3. The summed E-state index contributed by atoms with van der Waals surface area (Å²) >= 11 is 0. The van der Waals surface area contributed by atoms with E-state index in [1.807, 2.05) is 0 Å². The third-order valence-corrected chi connectivity index (χ3v) is 5.61. The Labute approximate surface area is 154 Å². The molecule has 1 amide bonds. The molecule has 0 aliphatic carbocycles. The number of carbonyl (C=O) groups excluding carboxylic acids is 1. The molecule has 3 rings (SSSR count). The SMILES string of the molecule is CN(C(=O)C1=CCS(=O)(=O)C1)c1ccc(-c2ccc(C(F)(F)F)cc2)nc1. The summed E-state index contributed by atoms with van der Waals surface area (Å²) in [5.74, 6) is -0.861. The van der Waals surface area contributed by atoms with Crippen LogP contribution in [0.25, 0.3) is 11.3 Å². The predicted molar refractivity (Wildman–Crippen MR) is 94.8 cm³/mol. The average molecular weight is 396 g/mol. The fraction of sp³-hybridized carbons (Fsp3) is 0.222. The van der Waals surface area contributed by atoms with Gasteiger partial charge in [0.2, 0.25) is 0 Å². The van der Waals surface area contributed by atoms with Crippen LogP contribution in [0.2, 0.25) is 0 Å². The molecule has 0 bridgehead atoms. The lowest BCUT2D eigenvalue weighted by Crippen LogP contribution is -2.28. The molecule has 0 saturated heterocycles. The summed E-state index contributed by atoms with van der Waals surface area (Å²) < 4.78 is 60.8. The molecule has 142 valence electrons. The van der Waals surface area contributed by atoms with E-state index in [2.05, 4.69) is 4.98 Å². The van der Waals surface area contributed by atoms with Crippen LogP contribution in [-0.2, 0) is 20.8 Å². The highest BCUT2D eigenvalue weighted by Gasteiger charge is 2.30. The lowest BCUT2D eigenvalue weighted by Gasteiger charge is -2.17. The van der Waals surface area contributed by atoms with Crippen LogP contribution in [0.5, 0.6) is 0 Å². The van der Waals surface area contributed by atoms with Gasteiger partial charge in [-0.3, -0.25) is 9.78 Å². The Morgan fingerprint density at radius 3 is 2.26 bits per heavy atom. The zero-order valence-corrected chi connectivity index (χ0v) is 15.0. The van der Waals surface area contributed by atoms with Crippen molar-refractivity contribution in [2.75, 3.05) is 23.5 Å². The van der Waals surface area contributed by atoms with Crippen molar-refractivity contribution in [2.45, 2.75) is 6.18 Å². The fourth-order valence-corrected chi connectivity index (χ4v) is 3.94. The summed E-state index contributed by atoms with van der Waals surface area (Å²) in [5, 5.41) is 0. The molecule has 0 saturated carbocycles. The van der Waals surface area contributed by atoms with Crippen LogP contribution in [0.4, 0.5) is 18.9 Å². The summed E-state index contributed by atoms with van der Waals surface area (Å²) in [6.07, 6.45) is -1.59. The largest absolute Gasteiger partial charge is 0.416 e. The van der Waals surface area contributed by atoms with E-state index in [9.17, 15) is 26.4 Å². The van der Waals surface area contributed by atoms with Gasteiger partial charge in [0.25, 0.3) is 5.91 Å². The van der Waals surface area contributed by atoms with E-state index in [0.29, 0.717) is 16.9 Å². The quantitative estimate of drug-likeness (QED) is 0.800. The van der Waals surface area contributed by atoms with Gasteiger partial charge in [-0.15, -0.1) is 0 Å². The van der Waals surface area contributed by atoms with E-state index in [1.54, 1.807) is 12.1 Å². The molecule has 0 fully saturated rings. The van der Waals surface area contributed by atoms with Crippen LogP contribution in [0.15, 0.2) is 54.2 Å². The maximum atomic E-state index is 12.6. The monoisotopic (exact) mass is 396 g/mol. The minimum absolute atomic E-state index is 0.146. The van der Waals surface area contributed by atoms with Crippen molar-refractivity contribution < 1.29 is 26.4 Å². The van der Waals surface area contributed by atoms with Crippen LogP contribution in [0, 0.1) is 0 Å². The molecule has 1 aromatic heterocycles. The number of amides is 1. The first-order valence-corrected chi connectivity index (χ1v) is 9.70. The van der Waals surface area contributed by atoms with Crippen molar-refractivity contribution in [1.29, 1.82) is 0 Å². The summed E-state index contributed by atoms with van der Waals surface area (Å²) in [4.78, 5) is 17.9. The number of nitrogens with zero attached hydrogens (tertiary/aromatic N) is 2. The maximum Gasteiger partial charge on any atom is 0.416 e. The van der Waals surface area contributed by atoms with E-state index in [0.717, 1.165) is 12.1 Å². The molecule has 1 aromatic carbocycles. The molecule has 0 N–H and O–H groups in total. The van der Waals surface area contributed by atoms with Crippen molar-refractivity contribution in [2.24, 2.45) is 0 Å². The van der Waals surface area contributed by atoms with Crippen molar-refractivity contribution in [3.8, 4) is 11.3 Å². The molecule has 0 radical (unpaired) electrons. The van der Waals surface area contributed by atoms with Crippen LogP contribution in [0.3, 0.4) is 0 Å². The first-order chi connectivity index (χ1) is 12.6. The average Bonchev–Trinajstić information content (AvgIpc) is 3.00. The molecule has 1 aliphatic heterocycles. The van der Waals surface area contributed by atoms with Gasteiger partial charge in [-0.2, -0.15) is 13.2 Å². The highest BCUT2D eigenvalue weighted by Crippen LogP contribution is 2.31. The van der Waals surface area contributed by atoms with Crippen molar-refractivity contribution in [3.63, 3.8) is 0 Å². The number of aromatic nitrogens is 1. The van der Waals surface area contributed by atoms with Gasteiger partial charge in [0.15, 0.2) is 9.84 Å². The van der Waals surface area contributed by atoms with Crippen LogP contribution < -0.4 is 4.90 Å². The Bertz CT molecular complexity index is 996. The third-order valence-electron chi connectivity index (χ3n) is 4.18. The third kappa shape index (κ3) is 4.19. The van der Waals surface area contributed by atoms with Crippen molar-refractivity contribution in [3.05, 3.63) is 59.8 Å². The lowest BCUT2D eigenvalue weighted by atomic mass is 10.1. The Morgan fingerprint density at radius 1 is 1.11 bits per heavy atom. The molecule has 5 nitrogen and oxygen atoms in total. The Hall–Kier alpha value is -2.68. The zero-order chi connectivity index (χ0) is 19.8. The molecule has 0 atom stereocenters. The fourth-order valence-electron chi connectivity index (χ4n) is 2.65. The van der Waals surface area contributed by atoms with Gasteiger partial charge in [-0.05, 0) is 24.3 Å². The number of likely N-dealkylation sites (N-methyl/N-ethyl adjacent to an activating group) is 1. The van der Waals surface area contributed by atoms with Gasteiger partial charge < -0.3 is 4.90 Å². The van der Waals surface area contributed by atoms with Gasteiger partial charge in [-0.1, -0.05) is 18.2 Å². The van der Waals surface area contributed by atoms with Gasteiger partial charge in [0.05, 0.1) is 34.6 Å². The number of hydrogen-bond acceptors (Lipinski definition) is 4. The standard InChI is InChI=1S/C18H15F3N2O3S/c1-23(17(24)13-8-9-27(25,26)11-13)15-6-7-16(22-10-15)12-2-4-14(5-3-12)18(19,20)21/h2-8,10H,9,11H2,1H3. The number of benzene rings is 1. The number of sulfone groups is 1. The molecule has 27 heavy (non-hydrogen) atoms. The highest BCUT2D eigenvalue weighted by molar-refractivity contribution is 7.92. The molecule has 9 heteroatoms. The number of hydrogen-bond donors (Lipinski definition) is 0. The second-order valence-electron chi connectivity index (χ2n) is 6.12. The second-order valence-corrected chi connectivity index (χ2v) is 8.23. The van der Waals surface area contributed by atoms with Crippen molar-refractivity contribution >= 4 is 21.4 Å². The Kier molecular flexibility index (Phi) is 4.81. The first-order valence-electron chi connectivity index (χ1n) is 7.88. The molecule has 0 spiro atoms. The zero-order valence-electron chi connectivity index (χ0n) is 14.2. The van der Waals surface area contributed by atoms with Crippen LogP contribution in [0.1, 0.15) is 5.56 Å². The van der Waals surface area contributed by atoms with Crippen molar-refractivity contribution in [1.82, 2.24) is 4.98 Å². The topological polar surface area (TPSA) is 67.3 Å². The van der Waals surface area contributed by atoms with Gasteiger partial charge >= 0.3 is 6.18 Å². The predicted octanol–water partition coefficient (Wildman–Crippen LogP) is 3.09. The van der Waals surface area contributed by atoms with E-state index in [-0.39, 0.29) is 17.1 Å². The number of anilines is 1. The van der Waals surface area contributed by atoms with Crippen LogP contribution in [-0.4, -0.2) is 37.9 Å². The van der Waals surface area contributed by atoms with Gasteiger partial charge in [-0.25, -0.2) is 8.42 Å². The smallest absolute Gasteiger partial charge is 0.310 e. The Morgan fingerprint density at radius 2 is 1.78 bits per heavy atom. The van der Waals surface area contributed by atoms with E-state index in [4.69, 9.17) is 0 Å². The highest BCUT2D eigenvalue weighted by atomic mass is 32.2. The number of pyridine rings is 1. The molecule has 2 aromatic rings. The summed E-state index contributed by atoms with van der Waals surface area (Å²) in [6, 6.07) is 7.80. The molecule has 2 heterocycles. The van der Waals surface area contributed by atoms with E-state index >= 15 is 0 Å². The van der Waals surface area contributed by atoms with Crippen LogP contribution >= 0.6 is 0 Å². The molecular formula is C18H15F3N2O3S. The second kappa shape index (κ2) is 6.80. The summed E-state index contributed by atoms with van der Waals surface area (Å²) in [6.45, 7) is 0. The van der Waals surface area contributed by atoms with E-state index < -0.39 is 27.5 Å². The molecule has 0 unspecified atom stereocenters. The Balaban J connectivity index is 1.76. The number of halogens is 3. The first kappa shape index (κ1) is 19.1. The molecule has 1 aliphatic rings. The summed E-state index contributed by atoms with van der Waals surface area (Å²) in [7, 11) is -1.75. The van der Waals surface area contributed by atoms with Gasteiger partial charge in [0.1, 0.15) is 0 Å². The summed E-state index contributed by atoms with van der Waals surface area (Å²) in [5.41, 5.74) is 0.877. The minimum atomic E-state index is -4.40. The molecular weight excluding hydrogens is 381 g/mol. The number of rotatable bonds is 3.